The van der Waals surface area contributed by atoms with Crippen molar-refractivity contribution in [1.82, 2.24) is 10.6 Å². The summed E-state index contributed by atoms with van der Waals surface area (Å²) in [6.45, 7) is 0.383. The highest BCUT2D eigenvalue weighted by Gasteiger charge is 2.45. The normalized spacial score (nSPS) is 34.7. The Kier molecular flexibility index (Phi) is 5.63. The monoisotopic (exact) mass is 277 g/mol. The Bertz CT molecular complexity index is 339. The SMILES string of the molecule is CC(=O)N[C@@H]1[C@@H](O)[C@H](O)[C@@H](CO)O[C@H]1NC(=O)CN. The lowest BCUT2D eigenvalue weighted by atomic mass is 9.96. The first-order chi connectivity index (χ1) is 8.90. The predicted octanol–water partition coefficient (Wildman–Crippen LogP) is -3.99. The molecule has 9 nitrogen and oxygen atoms in total. The highest BCUT2D eigenvalue weighted by Crippen LogP contribution is 2.19. The zero-order valence-electron chi connectivity index (χ0n) is 10.4. The van der Waals surface area contributed by atoms with E-state index in [1.807, 2.05) is 0 Å². The highest BCUT2D eigenvalue weighted by molar-refractivity contribution is 5.78. The average molecular weight is 277 g/mol. The standard InChI is InChI=1S/C10H19N3O6/c1-4(15)12-7-9(18)8(17)5(3-14)19-10(7)13-6(16)2-11/h5,7-10,14,17-18H,2-3,11H2,1H3,(H,12,15)(H,13,16)/t5-,7-,8-,9-,10-/m1/s1. The van der Waals surface area contributed by atoms with Crippen molar-refractivity contribution in [2.24, 2.45) is 5.73 Å². The zero-order chi connectivity index (χ0) is 14.6. The first kappa shape index (κ1) is 15.8. The second-order valence-corrected chi connectivity index (χ2v) is 4.26. The number of nitrogens with one attached hydrogen (secondary N) is 2. The number of amides is 2. The van der Waals surface area contributed by atoms with Gasteiger partial charge in [0.1, 0.15) is 24.4 Å². The van der Waals surface area contributed by atoms with Crippen LogP contribution in [0, 0.1) is 0 Å². The van der Waals surface area contributed by atoms with Crippen molar-refractivity contribution in [3.8, 4) is 0 Å². The summed E-state index contributed by atoms with van der Waals surface area (Å²) in [6, 6.07) is -1.04. The fourth-order valence-electron chi connectivity index (χ4n) is 1.85. The zero-order valence-corrected chi connectivity index (χ0v) is 10.4. The molecule has 19 heavy (non-hydrogen) atoms. The molecule has 1 aliphatic rings. The van der Waals surface area contributed by atoms with Crippen LogP contribution >= 0.6 is 0 Å². The summed E-state index contributed by atoms with van der Waals surface area (Å²) < 4.78 is 5.24. The predicted molar refractivity (Wildman–Crippen MR) is 62.6 cm³/mol. The molecule has 0 aromatic rings. The average Bonchev–Trinajstić information content (AvgIpc) is 2.37. The van der Waals surface area contributed by atoms with Gasteiger partial charge in [0.2, 0.25) is 11.8 Å². The Morgan fingerprint density at radius 3 is 2.37 bits per heavy atom. The molecule has 0 radical (unpaired) electrons. The minimum atomic E-state index is -1.39. The van der Waals surface area contributed by atoms with Crippen LogP contribution in [0.2, 0.25) is 0 Å². The van der Waals surface area contributed by atoms with Gasteiger partial charge in [0.05, 0.1) is 13.2 Å². The van der Waals surface area contributed by atoms with E-state index in [0.717, 1.165) is 0 Å². The summed E-state index contributed by atoms with van der Waals surface area (Å²) in [6.07, 6.45) is -4.93. The van der Waals surface area contributed by atoms with E-state index in [4.69, 9.17) is 15.6 Å². The first-order valence-electron chi connectivity index (χ1n) is 5.79. The lowest BCUT2D eigenvalue weighted by molar-refractivity contribution is -0.203. The molecule has 1 fully saturated rings. The first-order valence-corrected chi connectivity index (χ1v) is 5.79. The molecule has 0 aromatic carbocycles. The maximum atomic E-state index is 11.3. The van der Waals surface area contributed by atoms with Gasteiger partial charge >= 0.3 is 0 Å². The molecule has 1 heterocycles. The molecule has 9 heteroatoms. The van der Waals surface area contributed by atoms with Crippen molar-refractivity contribution in [3.05, 3.63) is 0 Å². The van der Waals surface area contributed by atoms with Crippen molar-refractivity contribution in [2.45, 2.75) is 37.5 Å². The van der Waals surface area contributed by atoms with Gasteiger partial charge in [-0.2, -0.15) is 0 Å². The third kappa shape index (κ3) is 3.85. The van der Waals surface area contributed by atoms with Crippen molar-refractivity contribution >= 4 is 11.8 Å². The Balaban J connectivity index is 2.86. The van der Waals surface area contributed by atoms with E-state index in [2.05, 4.69) is 10.6 Å². The van der Waals surface area contributed by atoms with Gasteiger partial charge in [0.15, 0.2) is 6.23 Å². The van der Waals surface area contributed by atoms with Crippen molar-refractivity contribution < 1.29 is 29.6 Å². The van der Waals surface area contributed by atoms with Crippen LogP contribution < -0.4 is 16.4 Å². The molecule has 0 unspecified atom stereocenters. The van der Waals surface area contributed by atoms with Gasteiger partial charge in [0, 0.05) is 6.92 Å². The third-order valence-corrected chi connectivity index (χ3v) is 2.78. The quantitative estimate of drug-likeness (QED) is 0.306. The Labute approximate surface area is 109 Å². The summed E-state index contributed by atoms with van der Waals surface area (Å²) in [4.78, 5) is 22.3. The van der Waals surface area contributed by atoms with E-state index < -0.39 is 49.0 Å². The number of aliphatic hydroxyl groups excluding tert-OH is 3. The van der Waals surface area contributed by atoms with Gasteiger partial charge < -0.3 is 36.4 Å². The minimum Gasteiger partial charge on any atom is -0.394 e. The summed E-state index contributed by atoms with van der Waals surface area (Å²) in [5.74, 6) is -1.02. The van der Waals surface area contributed by atoms with Crippen molar-refractivity contribution in [3.63, 3.8) is 0 Å². The van der Waals surface area contributed by atoms with E-state index >= 15 is 0 Å². The van der Waals surface area contributed by atoms with Crippen LogP contribution in [0.4, 0.5) is 0 Å². The molecular formula is C10H19N3O6. The van der Waals surface area contributed by atoms with E-state index in [-0.39, 0.29) is 6.54 Å². The number of carbonyl (C=O) groups excluding carboxylic acids is 2. The molecule has 0 bridgehead atoms. The second-order valence-electron chi connectivity index (χ2n) is 4.26. The highest BCUT2D eigenvalue weighted by atomic mass is 16.5. The van der Waals surface area contributed by atoms with E-state index in [1.165, 1.54) is 6.92 Å². The summed E-state index contributed by atoms with van der Waals surface area (Å²) >= 11 is 0. The molecule has 1 saturated heterocycles. The van der Waals surface area contributed by atoms with Crippen molar-refractivity contribution in [1.29, 1.82) is 0 Å². The third-order valence-electron chi connectivity index (χ3n) is 2.78. The number of aliphatic hydroxyl groups is 3. The number of carbonyl (C=O) groups is 2. The van der Waals surface area contributed by atoms with Gasteiger partial charge in [-0.05, 0) is 0 Å². The molecule has 1 aliphatic heterocycles. The summed E-state index contributed by atoms with van der Waals surface area (Å²) in [5.41, 5.74) is 5.15. The number of rotatable bonds is 4. The van der Waals surface area contributed by atoms with Crippen LogP contribution in [0.15, 0.2) is 0 Å². The number of hydrogen-bond donors (Lipinski definition) is 6. The summed E-state index contributed by atoms with van der Waals surface area (Å²) in [7, 11) is 0. The number of hydrogen-bond acceptors (Lipinski definition) is 7. The molecule has 0 saturated carbocycles. The van der Waals surface area contributed by atoms with E-state index in [9.17, 15) is 19.8 Å². The lowest BCUT2D eigenvalue weighted by Crippen LogP contribution is -2.68. The maximum absolute atomic E-state index is 11.3. The van der Waals surface area contributed by atoms with Crippen LogP contribution in [0.5, 0.6) is 0 Å². The molecule has 0 aliphatic carbocycles. The Morgan fingerprint density at radius 1 is 1.26 bits per heavy atom. The molecule has 0 spiro atoms. The Morgan fingerprint density at radius 2 is 1.89 bits per heavy atom. The van der Waals surface area contributed by atoms with Crippen LogP contribution in [0.1, 0.15) is 6.92 Å². The lowest BCUT2D eigenvalue weighted by Gasteiger charge is -2.42. The van der Waals surface area contributed by atoms with Crippen LogP contribution in [0.3, 0.4) is 0 Å². The molecule has 0 aromatic heterocycles. The Hall–Kier alpha value is -1.26. The molecule has 1 rings (SSSR count). The molecule has 2 amide bonds. The fraction of sp³-hybridized carbons (Fsp3) is 0.800. The maximum Gasteiger partial charge on any atom is 0.235 e. The largest absolute Gasteiger partial charge is 0.394 e. The summed E-state index contributed by atoms with van der Waals surface area (Å²) in [5, 5.41) is 33.4. The fourth-order valence-corrected chi connectivity index (χ4v) is 1.85. The van der Waals surface area contributed by atoms with E-state index in [1.54, 1.807) is 0 Å². The van der Waals surface area contributed by atoms with Gasteiger partial charge in [-0.3, -0.25) is 9.59 Å². The topological polar surface area (TPSA) is 154 Å². The van der Waals surface area contributed by atoms with E-state index in [0.29, 0.717) is 0 Å². The van der Waals surface area contributed by atoms with Gasteiger partial charge in [-0.15, -0.1) is 0 Å². The van der Waals surface area contributed by atoms with Gasteiger partial charge in [-0.1, -0.05) is 0 Å². The molecule has 5 atom stereocenters. The minimum absolute atomic E-state index is 0.297. The molecule has 7 N–H and O–H groups in total. The van der Waals surface area contributed by atoms with Crippen LogP contribution in [-0.4, -0.2) is 70.9 Å². The van der Waals surface area contributed by atoms with Gasteiger partial charge in [0.25, 0.3) is 0 Å². The van der Waals surface area contributed by atoms with Gasteiger partial charge in [-0.25, -0.2) is 0 Å². The smallest absolute Gasteiger partial charge is 0.235 e. The van der Waals surface area contributed by atoms with Crippen LogP contribution in [-0.2, 0) is 14.3 Å². The molecule has 110 valence electrons. The number of nitrogens with two attached hydrogens (primary N) is 1. The van der Waals surface area contributed by atoms with Crippen molar-refractivity contribution in [2.75, 3.05) is 13.2 Å². The number of ether oxygens (including phenoxy) is 1. The molecular weight excluding hydrogens is 258 g/mol. The van der Waals surface area contributed by atoms with Crippen LogP contribution in [0.25, 0.3) is 0 Å². The second kappa shape index (κ2) is 6.78.